The molecule has 0 unspecified atom stereocenters. The Morgan fingerprint density at radius 3 is 2.14 bits per heavy atom. The van der Waals surface area contributed by atoms with Crippen LogP contribution in [0.15, 0.2) is 30.3 Å². The second-order valence-electron chi connectivity index (χ2n) is 10.6. The Hall–Kier alpha value is -2.77. The van der Waals surface area contributed by atoms with E-state index >= 15 is 0 Å². The fourth-order valence-electron chi connectivity index (χ4n) is 4.81. The van der Waals surface area contributed by atoms with Gasteiger partial charge in [-0.1, -0.05) is 13.3 Å². The minimum Gasteiger partial charge on any atom is -0.444 e. The van der Waals surface area contributed by atoms with Crippen LogP contribution in [-0.4, -0.2) is 53.4 Å². The number of benzene rings is 1. The molecule has 2 heterocycles. The zero-order chi connectivity index (χ0) is 25.4. The van der Waals surface area contributed by atoms with E-state index in [4.69, 9.17) is 9.47 Å². The summed E-state index contributed by atoms with van der Waals surface area (Å²) in [7, 11) is 0. The van der Waals surface area contributed by atoms with Crippen molar-refractivity contribution in [2.45, 2.75) is 77.9 Å². The number of alkyl halides is 2. The van der Waals surface area contributed by atoms with Gasteiger partial charge in [0.1, 0.15) is 11.4 Å². The fraction of sp³-hybridized carbons (Fsp3) is 0.593. The van der Waals surface area contributed by atoms with Crippen molar-refractivity contribution < 1.29 is 23.0 Å². The summed E-state index contributed by atoms with van der Waals surface area (Å²) >= 11 is 0. The minimum atomic E-state index is -3.21. The molecular formula is C27H37F2N3O3. The molecule has 1 aromatic heterocycles. The molecule has 1 aromatic carbocycles. The van der Waals surface area contributed by atoms with E-state index in [0.29, 0.717) is 19.0 Å². The van der Waals surface area contributed by atoms with Crippen LogP contribution in [0.2, 0.25) is 0 Å². The van der Waals surface area contributed by atoms with Gasteiger partial charge in [0, 0.05) is 50.2 Å². The molecule has 1 aliphatic heterocycles. The summed E-state index contributed by atoms with van der Waals surface area (Å²) in [6.07, 6.45) is 0.888. The minimum absolute atomic E-state index is 0.148. The number of ether oxygens (including phenoxy) is 2. The summed E-state index contributed by atoms with van der Waals surface area (Å²) in [5.74, 6) is 0.642. The first-order chi connectivity index (χ1) is 16.4. The predicted octanol–water partition coefficient (Wildman–Crippen LogP) is 6.36. The molecule has 35 heavy (non-hydrogen) atoms. The Morgan fingerprint density at radius 2 is 1.66 bits per heavy atom. The van der Waals surface area contributed by atoms with Gasteiger partial charge in [-0.25, -0.2) is 4.79 Å². The van der Waals surface area contributed by atoms with E-state index in [-0.39, 0.29) is 11.8 Å². The van der Waals surface area contributed by atoms with E-state index in [1.807, 2.05) is 32.9 Å². The highest BCUT2D eigenvalue weighted by Gasteiger charge is 2.31. The molecule has 1 aliphatic carbocycles. The maximum atomic E-state index is 13.3. The van der Waals surface area contributed by atoms with Crippen molar-refractivity contribution in [3.05, 3.63) is 41.7 Å². The Balaban J connectivity index is 1.59. The first-order valence-corrected chi connectivity index (χ1v) is 12.6. The van der Waals surface area contributed by atoms with Gasteiger partial charge >= 0.3 is 12.2 Å². The molecule has 0 spiro atoms. The van der Waals surface area contributed by atoms with E-state index in [1.165, 1.54) is 23.5 Å². The SMILES string of the molecule is CCc1c(N2CCN(C(=O)OC(C)(C)C)CC2)cc(C2CCC2)n1-c1ccc(OC(C)(F)F)cc1. The van der Waals surface area contributed by atoms with Gasteiger partial charge in [-0.05, 0) is 76.3 Å². The summed E-state index contributed by atoms with van der Waals surface area (Å²) in [5.41, 5.74) is 4.11. The largest absolute Gasteiger partial charge is 0.444 e. The molecule has 2 aromatic rings. The first kappa shape index (κ1) is 25.3. The number of amides is 1. The van der Waals surface area contributed by atoms with Crippen LogP contribution >= 0.6 is 0 Å². The zero-order valence-electron chi connectivity index (χ0n) is 21.4. The Morgan fingerprint density at radius 1 is 1.03 bits per heavy atom. The molecule has 1 saturated carbocycles. The molecule has 2 aliphatic rings. The lowest BCUT2D eigenvalue weighted by atomic mass is 9.83. The van der Waals surface area contributed by atoms with Crippen LogP contribution in [0.5, 0.6) is 5.75 Å². The number of aromatic nitrogens is 1. The van der Waals surface area contributed by atoms with Gasteiger partial charge in [-0.15, -0.1) is 0 Å². The number of hydrogen-bond donors (Lipinski definition) is 0. The second-order valence-corrected chi connectivity index (χ2v) is 10.6. The number of hydrogen-bond acceptors (Lipinski definition) is 4. The van der Waals surface area contributed by atoms with Crippen LogP contribution in [0.1, 0.15) is 71.2 Å². The van der Waals surface area contributed by atoms with Gasteiger partial charge < -0.3 is 23.8 Å². The molecule has 0 bridgehead atoms. The van der Waals surface area contributed by atoms with E-state index in [1.54, 1.807) is 17.0 Å². The predicted molar refractivity (Wildman–Crippen MR) is 133 cm³/mol. The Bertz CT molecular complexity index is 1030. The van der Waals surface area contributed by atoms with Crippen molar-refractivity contribution in [1.82, 2.24) is 9.47 Å². The lowest BCUT2D eigenvalue weighted by Gasteiger charge is -2.37. The van der Waals surface area contributed by atoms with Gasteiger partial charge in [0.2, 0.25) is 0 Å². The fourth-order valence-corrected chi connectivity index (χ4v) is 4.81. The lowest BCUT2D eigenvalue weighted by Crippen LogP contribution is -2.50. The molecule has 0 atom stereocenters. The maximum Gasteiger partial charge on any atom is 0.410 e. The van der Waals surface area contributed by atoms with Crippen molar-refractivity contribution in [2.75, 3.05) is 31.1 Å². The van der Waals surface area contributed by atoms with Crippen LogP contribution in [-0.2, 0) is 11.2 Å². The lowest BCUT2D eigenvalue weighted by molar-refractivity contribution is -0.158. The molecule has 2 fully saturated rings. The molecule has 4 rings (SSSR count). The average molecular weight is 490 g/mol. The number of nitrogens with zero attached hydrogens (tertiary/aromatic N) is 3. The summed E-state index contributed by atoms with van der Waals surface area (Å²) in [6, 6.07) is 9.22. The zero-order valence-corrected chi connectivity index (χ0v) is 21.4. The Labute approximate surface area is 206 Å². The number of carbonyl (C=O) groups is 1. The molecule has 0 radical (unpaired) electrons. The topological polar surface area (TPSA) is 46.9 Å². The van der Waals surface area contributed by atoms with Gasteiger partial charge in [-0.3, -0.25) is 0 Å². The van der Waals surface area contributed by atoms with Crippen LogP contribution in [0, 0.1) is 0 Å². The summed E-state index contributed by atoms with van der Waals surface area (Å²) in [5, 5.41) is 0. The molecule has 6 nitrogen and oxygen atoms in total. The van der Waals surface area contributed by atoms with Gasteiger partial charge in [0.05, 0.1) is 5.69 Å². The summed E-state index contributed by atoms with van der Waals surface area (Å²) < 4.78 is 39.1. The Kier molecular flexibility index (Phi) is 7.02. The number of carbonyl (C=O) groups excluding carboxylic acids is 1. The first-order valence-electron chi connectivity index (χ1n) is 12.6. The van der Waals surface area contributed by atoms with Gasteiger partial charge in [0.25, 0.3) is 0 Å². The van der Waals surface area contributed by atoms with Crippen LogP contribution in [0.25, 0.3) is 5.69 Å². The third-order valence-corrected chi connectivity index (χ3v) is 6.63. The standard InChI is InChI=1S/C27H37F2N3O3/c1-6-22-24(30-14-16-31(17-15-30)25(33)35-26(2,3)4)18-23(19-8-7-9-19)32(22)20-10-12-21(13-11-20)34-27(5,28)29/h10-13,18-19H,6-9,14-17H2,1-5H3. The van der Waals surface area contributed by atoms with Crippen LogP contribution in [0.3, 0.4) is 0 Å². The molecule has 1 saturated heterocycles. The number of rotatable bonds is 6. The van der Waals surface area contributed by atoms with Crippen molar-refractivity contribution in [3.8, 4) is 11.4 Å². The molecular weight excluding hydrogens is 452 g/mol. The number of anilines is 1. The summed E-state index contributed by atoms with van der Waals surface area (Å²) in [4.78, 5) is 16.6. The monoisotopic (exact) mass is 489 g/mol. The highest BCUT2D eigenvalue weighted by molar-refractivity contribution is 5.69. The van der Waals surface area contributed by atoms with E-state index in [0.717, 1.165) is 45.0 Å². The average Bonchev–Trinajstić information content (AvgIpc) is 3.09. The molecule has 192 valence electrons. The van der Waals surface area contributed by atoms with Crippen molar-refractivity contribution in [2.24, 2.45) is 0 Å². The smallest absolute Gasteiger partial charge is 0.410 e. The van der Waals surface area contributed by atoms with E-state index < -0.39 is 11.7 Å². The van der Waals surface area contributed by atoms with Crippen molar-refractivity contribution in [1.29, 1.82) is 0 Å². The number of halogens is 2. The van der Waals surface area contributed by atoms with Crippen LogP contribution in [0.4, 0.5) is 19.3 Å². The maximum absolute atomic E-state index is 13.3. The van der Waals surface area contributed by atoms with Gasteiger partial charge in [0.15, 0.2) is 0 Å². The highest BCUT2D eigenvalue weighted by Crippen LogP contribution is 2.42. The third kappa shape index (κ3) is 5.90. The van der Waals surface area contributed by atoms with E-state index in [2.05, 4.69) is 22.5 Å². The molecule has 0 N–H and O–H groups in total. The highest BCUT2D eigenvalue weighted by atomic mass is 19.3. The molecule has 8 heteroatoms. The van der Waals surface area contributed by atoms with Gasteiger partial charge in [-0.2, -0.15) is 8.78 Å². The summed E-state index contributed by atoms with van der Waals surface area (Å²) in [6.45, 7) is 11.2. The van der Waals surface area contributed by atoms with Crippen LogP contribution < -0.4 is 9.64 Å². The second kappa shape index (κ2) is 9.70. The number of piperazine rings is 1. The quantitative estimate of drug-likeness (QED) is 0.474. The third-order valence-electron chi connectivity index (χ3n) is 6.63. The molecule has 1 amide bonds. The van der Waals surface area contributed by atoms with Crippen molar-refractivity contribution >= 4 is 11.8 Å². The van der Waals surface area contributed by atoms with E-state index in [9.17, 15) is 13.6 Å². The van der Waals surface area contributed by atoms with Crippen molar-refractivity contribution in [3.63, 3.8) is 0 Å². The normalized spacial score (nSPS) is 17.3.